The van der Waals surface area contributed by atoms with Crippen LogP contribution in [0.5, 0.6) is 0 Å². The van der Waals surface area contributed by atoms with Crippen molar-refractivity contribution in [3.05, 3.63) is 8.96 Å². The maximum absolute atomic E-state index is 9.62. The molecule has 0 rings (SSSR count). The lowest BCUT2D eigenvalue weighted by molar-refractivity contribution is 0.129. The van der Waals surface area contributed by atoms with E-state index in [0.717, 1.165) is 15.5 Å². The smallest absolute Gasteiger partial charge is 0.0913 e. The fourth-order valence-electron chi connectivity index (χ4n) is 0.679. The number of rotatable bonds is 3. The third-order valence-electron chi connectivity index (χ3n) is 1.23. The van der Waals surface area contributed by atoms with Crippen LogP contribution < -0.4 is 0 Å². The molecule has 0 radical (unpaired) electrons. The summed E-state index contributed by atoms with van der Waals surface area (Å²) in [7, 11) is 3.96. The molecule has 0 saturated heterocycles. The Labute approximate surface area is 90.9 Å². The molecule has 0 aliphatic carbocycles. The molecule has 2 nitrogen and oxygen atoms in total. The Morgan fingerprint density at radius 3 is 2.00 bits per heavy atom. The van der Waals surface area contributed by atoms with E-state index in [-0.39, 0.29) is 0 Å². The summed E-state index contributed by atoms with van der Waals surface area (Å²) in [6.07, 6.45) is 0. The molecular weight excluding hydrogens is 286 g/mol. The van der Waals surface area contributed by atoms with Gasteiger partial charge in [-0.25, -0.2) is 0 Å². The molecule has 72 valence electrons. The van der Waals surface area contributed by atoms with Crippen LogP contribution in [0.3, 0.4) is 0 Å². The van der Waals surface area contributed by atoms with Gasteiger partial charge in [-0.2, -0.15) is 0 Å². The summed E-state index contributed by atoms with van der Waals surface area (Å²) in [6.45, 7) is 4.27. The third kappa shape index (κ3) is 4.60. The van der Waals surface area contributed by atoms with Gasteiger partial charge in [-0.1, -0.05) is 31.9 Å². The van der Waals surface area contributed by atoms with Crippen molar-refractivity contribution in [3.8, 4) is 0 Å². The minimum atomic E-state index is -0.811. The van der Waals surface area contributed by atoms with E-state index in [1.165, 1.54) is 0 Å². The normalized spacial score (nSPS) is 15.0. The molecule has 4 heteroatoms. The molecule has 0 amide bonds. The van der Waals surface area contributed by atoms with Crippen LogP contribution in [0, 0.1) is 0 Å². The van der Waals surface area contributed by atoms with E-state index >= 15 is 0 Å². The summed E-state index contributed by atoms with van der Waals surface area (Å²) < 4.78 is 1.77. The lowest BCUT2D eigenvalue weighted by Crippen LogP contribution is -2.22. The van der Waals surface area contributed by atoms with Crippen molar-refractivity contribution in [3.63, 3.8) is 0 Å². The largest absolute Gasteiger partial charge is 0.385 e. The Morgan fingerprint density at radius 1 is 1.33 bits per heavy atom. The summed E-state index contributed by atoms with van der Waals surface area (Å²) in [5, 5.41) is 9.62. The van der Waals surface area contributed by atoms with Crippen LogP contribution in [-0.4, -0.2) is 36.2 Å². The molecule has 1 N–H and O–H groups in total. The highest BCUT2D eigenvalue weighted by Gasteiger charge is 2.19. The van der Waals surface area contributed by atoms with Crippen molar-refractivity contribution in [1.82, 2.24) is 4.90 Å². The molecule has 0 bridgehead atoms. The second-order valence-corrected chi connectivity index (χ2v) is 5.27. The molecule has 0 aromatic heterocycles. The zero-order valence-electron chi connectivity index (χ0n) is 7.86. The number of hydrogen-bond acceptors (Lipinski definition) is 2. The van der Waals surface area contributed by atoms with E-state index in [1.54, 1.807) is 13.8 Å². The Hall–Kier alpha value is 0.620. The maximum atomic E-state index is 9.62. The van der Waals surface area contributed by atoms with Gasteiger partial charge in [0.25, 0.3) is 0 Å². The fraction of sp³-hybridized carbons (Fsp3) is 0.750. The van der Waals surface area contributed by atoms with E-state index in [4.69, 9.17) is 0 Å². The average molecular weight is 301 g/mol. The van der Waals surface area contributed by atoms with Gasteiger partial charge >= 0.3 is 0 Å². The molecule has 0 saturated carbocycles. The van der Waals surface area contributed by atoms with Gasteiger partial charge in [0.2, 0.25) is 0 Å². The number of aliphatic hydroxyl groups is 1. The Balaban J connectivity index is 4.47. The van der Waals surface area contributed by atoms with E-state index < -0.39 is 5.60 Å². The molecular formula is C8H15Br2NO. The minimum Gasteiger partial charge on any atom is -0.385 e. The van der Waals surface area contributed by atoms with Gasteiger partial charge in [0.1, 0.15) is 0 Å². The van der Waals surface area contributed by atoms with Crippen LogP contribution in [0.2, 0.25) is 0 Å². The van der Waals surface area contributed by atoms with Crippen LogP contribution in [0.25, 0.3) is 0 Å². The van der Waals surface area contributed by atoms with Crippen molar-refractivity contribution in [2.75, 3.05) is 20.6 Å². The summed E-state index contributed by atoms with van der Waals surface area (Å²) in [4.78, 5) is 2.02. The molecule has 0 atom stereocenters. The minimum absolute atomic E-state index is 0.782. The van der Waals surface area contributed by atoms with Gasteiger partial charge in [0, 0.05) is 15.5 Å². The first-order valence-electron chi connectivity index (χ1n) is 3.67. The molecule has 0 aromatic carbocycles. The predicted octanol–water partition coefficient (Wildman–Crippen LogP) is 2.32. The fourth-order valence-corrected chi connectivity index (χ4v) is 1.79. The van der Waals surface area contributed by atoms with Crippen molar-refractivity contribution in [2.45, 2.75) is 19.4 Å². The lowest BCUT2D eigenvalue weighted by Gasteiger charge is -2.20. The SMILES string of the molecule is CN(C)C/C(Br)=C(\Br)C(C)(C)O. The van der Waals surface area contributed by atoms with E-state index in [1.807, 2.05) is 19.0 Å². The number of nitrogens with zero attached hydrogens (tertiary/aromatic N) is 1. The molecule has 12 heavy (non-hydrogen) atoms. The number of halogens is 2. The Bertz CT molecular complexity index is 182. The van der Waals surface area contributed by atoms with Gasteiger partial charge in [-0.3, -0.25) is 0 Å². The molecule has 0 aliphatic rings. The molecule has 0 spiro atoms. The molecule has 0 unspecified atom stereocenters. The van der Waals surface area contributed by atoms with Crippen LogP contribution in [0.1, 0.15) is 13.8 Å². The topological polar surface area (TPSA) is 23.5 Å². The Kier molecular flexibility index (Phi) is 4.99. The first-order chi connectivity index (χ1) is 5.25. The summed E-state index contributed by atoms with van der Waals surface area (Å²) in [5.74, 6) is 0. The zero-order valence-corrected chi connectivity index (χ0v) is 11.0. The highest BCUT2D eigenvalue weighted by Crippen LogP contribution is 2.28. The first-order valence-corrected chi connectivity index (χ1v) is 5.25. The summed E-state index contributed by atoms with van der Waals surface area (Å²) >= 11 is 6.76. The Morgan fingerprint density at radius 2 is 1.75 bits per heavy atom. The van der Waals surface area contributed by atoms with Gasteiger partial charge in [0.05, 0.1) is 5.60 Å². The maximum Gasteiger partial charge on any atom is 0.0913 e. The van der Waals surface area contributed by atoms with Crippen molar-refractivity contribution < 1.29 is 5.11 Å². The second-order valence-electron chi connectivity index (χ2n) is 3.52. The monoisotopic (exact) mass is 299 g/mol. The molecule has 0 aliphatic heterocycles. The van der Waals surface area contributed by atoms with Crippen LogP contribution >= 0.6 is 31.9 Å². The van der Waals surface area contributed by atoms with Crippen LogP contribution in [0.15, 0.2) is 8.96 Å². The average Bonchev–Trinajstić information content (AvgIpc) is 1.82. The van der Waals surface area contributed by atoms with E-state index in [2.05, 4.69) is 31.9 Å². The standard InChI is InChI=1S/C8H15Br2NO/c1-8(2,12)7(10)6(9)5-11(3)4/h12H,5H2,1-4H3/b7-6+. The highest BCUT2D eigenvalue weighted by molar-refractivity contribution is 9.14. The quantitative estimate of drug-likeness (QED) is 0.865. The van der Waals surface area contributed by atoms with Gasteiger partial charge in [-0.05, 0) is 27.9 Å². The predicted molar refractivity (Wildman–Crippen MR) is 59.7 cm³/mol. The number of hydrogen-bond donors (Lipinski definition) is 1. The second kappa shape index (κ2) is 4.74. The zero-order chi connectivity index (χ0) is 9.94. The van der Waals surface area contributed by atoms with E-state index in [9.17, 15) is 5.11 Å². The van der Waals surface area contributed by atoms with Crippen molar-refractivity contribution in [1.29, 1.82) is 0 Å². The molecule has 0 fully saturated rings. The van der Waals surface area contributed by atoms with Crippen LogP contribution in [-0.2, 0) is 0 Å². The number of likely N-dealkylation sites (N-methyl/N-ethyl adjacent to an activating group) is 1. The van der Waals surface area contributed by atoms with E-state index in [0.29, 0.717) is 0 Å². The van der Waals surface area contributed by atoms with Crippen molar-refractivity contribution in [2.24, 2.45) is 0 Å². The molecule has 0 aromatic rings. The molecule has 0 heterocycles. The first kappa shape index (κ1) is 12.6. The van der Waals surface area contributed by atoms with Crippen molar-refractivity contribution >= 4 is 31.9 Å². The summed E-state index contributed by atoms with van der Waals surface area (Å²) in [6, 6.07) is 0. The third-order valence-corrected chi connectivity index (χ3v) is 3.86. The van der Waals surface area contributed by atoms with Crippen LogP contribution in [0.4, 0.5) is 0 Å². The summed E-state index contributed by atoms with van der Waals surface area (Å²) in [5.41, 5.74) is -0.811. The van der Waals surface area contributed by atoms with Gasteiger partial charge < -0.3 is 10.0 Å². The van der Waals surface area contributed by atoms with Gasteiger partial charge in [-0.15, -0.1) is 0 Å². The highest BCUT2D eigenvalue weighted by atomic mass is 79.9. The van der Waals surface area contributed by atoms with Gasteiger partial charge in [0.15, 0.2) is 0 Å². The lowest BCUT2D eigenvalue weighted by atomic mass is 10.1.